The Morgan fingerprint density at radius 2 is 1.73 bits per heavy atom. The molecule has 3 heterocycles. The average molecular weight is 405 g/mol. The Bertz CT molecular complexity index is 1120. The normalized spacial score (nSPS) is 13.9. The monoisotopic (exact) mass is 405 g/mol. The van der Waals surface area contributed by atoms with Gasteiger partial charge in [-0.15, -0.1) is 0 Å². The second kappa shape index (κ2) is 8.16. The molecule has 30 heavy (non-hydrogen) atoms. The summed E-state index contributed by atoms with van der Waals surface area (Å²) in [6.07, 6.45) is 1.22. The minimum Gasteiger partial charge on any atom is -0.353 e. The summed E-state index contributed by atoms with van der Waals surface area (Å²) in [5.41, 5.74) is 1.16. The van der Waals surface area contributed by atoms with Crippen molar-refractivity contribution in [3.8, 4) is 11.3 Å². The minimum absolute atomic E-state index is 0.0641. The lowest BCUT2D eigenvalue weighted by Crippen LogP contribution is -2.49. The molecular formula is C21H19N5O4. The molecule has 3 aromatic rings. The number of piperazine rings is 1. The van der Waals surface area contributed by atoms with Crippen LogP contribution in [-0.4, -0.2) is 51.9 Å². The van der Waals surface area contributed by atoms with E-state index in [1.165, 1.54) is 12.3 Å². The van der Waals surface area contributed by atoms with Gasteiger partial charge in [-0.1, -0.05) is 30.3 Å². The summed E-state index contributed by atoms with van der Waals surface area (Å²) >= 11 is 0. The van der Waals surface area contributed by atoms with Gasteiger partial charge in [0.15, 0.2) is 0 Å². The lowest BCUT2D eigenvalue weighted by atomic mass is 10.1. The number of H-pyrrole nitrogens is 1. The molecule has 4 rings (SSSR count). The molecule has 0 spiro atoms. The van der Waals surface area contributed by atoms with Gasteiger partial charge in [-0.3, -0.25) is 19.7 Å². The number of rotatable bonds is 4. The van der Waals surface area contributed by atoms with E-state index < -0.39 is 10.5 Å². The van der Waals surface area contributed by atoms with Crippen LogP contribution in [0.25, 0.3) is 11.3 Å². The molecular weight excluding hydrogens is 386 g/mol. The summed E-state index contributed by atoms with van der Waals surface area (Å²) in [7, 11) is 0. The number of carbonyl (C=O) groups excluding carboxylic acids is 1. The molecule has 1 aromatic carbocycles. The number of anilines is 1. The molecule has 152 valence electrons. The fourth-order valence-corrected chi connectivity index (χ4v) is 3.41. The highest BCUT2D eigenvalue weighted by molar-refractivity contribution is 5.94. The maximum atomic E-state index is 12.8. The van der Waals surface area contributed by atoms with Crippen molar-refractivity contribution in [2.75, 3.05) is 31.1 Å². The summed E-state index contributed by atoms with van der Waals surface area (Å²) in [6.45, 7) is 1.90. The lowest BCUT2D eigenvalue weighted by Gasteiger charge is -2.35. The van der Waals surface area contributed by atoms with Crippen LogP contribution in [0.15, 0.2) is 65.6 Å². The van der Waals surface area contributed by atoms with Crippen LogP contribution in [0.2, 0.25) is 0 Å². The van der Waals surface area contributed by atoms with Crippen molar-refractivity contribution in [3.63, 3.8) is 0 Å². The van der Waals surface area contributed by atoms with E-state index in [1.54, 1.807) is 23.1 Å². The van der Waals surface area contributed by atoms with Crippen LogP contribution in [0, 0.1) is 10.1 Å². The third kappa shape index (κ3) is 3.90. The number of nitro groups is 1. The van der Waals surface area contributed by atoms with E-state index in [9.17, 15) is 19.7 Å². The van der Waals surface area contributed by atoms with Gasteiger partial charge < -0.3 is 14.8 Å². The average Bonchev–Trinajstić information content (AvgIpc) is 2.79. The third-order valence-corrected chi connectivity index (χ3v) is 5.06. The van der Waals surface area contributed by atoms with Crippen molar-refractivity contribution in [3.05, 3.63) is 86.8 Å². The van der Waals surface area contributed by atoms with Gasteiger partial charge in [0.2, 0.25) is 0 Å². The molecule has 0 atom stereocenters. The summed E-state index contributed by atoms with van der Waals surface area (Å²) in [4.78, 5) is 46.1. The number of nitrogens with one attached hydrogen (secondary N) is 1. The quantitative estimate of drug-likeness (QED) is 0.526. The molecule has 1 saturated heterocycles. The number of hydrogen-bond donors (Lipinski definition) is 1. The second-order valence-corrected chi connectivity index (χ2v) is 6.89. The van der Waals surface area contributed by atoms with Crippen LogP contribution in [-0.2, 0) is 0 Å². The first-order valence-corrected chi connectivity index (χ1v) is 9.46. The Morgan fingerprint density at radius 3 is 2.33 bits per heavy atom. The molecule has 0 bridgehead atoms. The van der Waals surface area contributed by atoms with Gasteiger partial charge >= 0.3 is 0 Å². The smallest absolute Gasteiger partial charge is 0.287 e. The van der Waals surface area contributed by atoms with Gasteiger partial charge in [0.25, 0.3) is 17.2 Å². The van der Waals surface area contributed by atoms with Crippen molar-refractivity contribution in [2.24, 2.45) is 0 Å². The van der Waals surface area contributed by atoms with Gasteiger partial charge in [0.1, 0.15) is 17.6 Å². The molecule has 1 fully saturated rings. The summed E-state index contributed by atoms with van der Waals surface area (Å²) < 4.78 is 0. The molecule has 1 aliphatic rings. The zero-order valence-electron chi connectivity index (χ0n) is 16.0. The fourth-order valence-electron chi connectivity index (χ4n) is 3.41. The Balaban J connectivity index is 1.43. The van der Waals surface area contributed by atoms with Gasteiger partial charge in [-0.05, 0) is 23.8 Å². The molecule has 0 saturated carbocycles. The first-order valence-electron chi connectivity index (χ1n) is 9.46. The zero-order chi connectivity index (χ0) is 21.1. The first-order chi connectivity index (χ1) is 14.5. The highest BCUT2D eigenvalue weighted by atomic mass is 16.6. The Morgan fingerprint density at radius 1 is 1.00 bits per heavy atom. The maximum Gasteiger partial charge on any atom is 0.287 e. The van der Waals surface area contributed by atoms with Gasteiger partial charge in [0.05, 0.1) is 4.92 Å². The van der Waals surface area contributed by atoms with Gasteiger partial charge in [-0.2, -0.15) is 0 Å². The van der Waals surface area contributed by atoms with E-state index in [1.807, 2.05) is 35.2 Å². The van der Waals surface area contributed by atoms with Crippen molar-refractivity contribution in [1.82, 2.24) is 14.9 Å². The van der Waals surface area contributed by atoms with Crippen molar-refractivity contribution in [2.45, 2.75) is 0 Å². The summed E-state index contributed by atoms with van der Waals surface area (Å²) in [6, 6.07) is 15.7. The van der Waals surface area contributed by atoms with Crippen LogP contribution in [0.4, 0.5) is 11.5 Å². The van der Waals surface area contributed by atoms with Gasteiger partial charge in [-0.25, -0.2) is 4.98 Å². The minimum atomic E-state index is -0.492. The highest BCUT2D eigenvalue weighted by Gasteiger charge is 2.25. The Labute approximate surface area is 171 Å². The van der Waals surface area contributed by atoms with Crippen LogP contribution in [0.1, 0.15) is 10.4 Å². The SMILES string of the molecule is O=C(c1ccc(-c2ccccc2)[nH]c1=O)N1CCN(c2ccc([N+](=O)[O-])cn2)CC1. The topological polar surface area (TPSA) is 112 Å². The van der Waals surface area contributed by atoms with E-state index in [-0.39, 0.29) is 17.2 Å². The molecule has 1 aliphatic heterocycles. The van der Waals surface area contributed by atoms with E-state index in [4.69, 9.17) is 0 Å². The van der Waals surface area contributed by atoms with Crippen molar-refractivity contribution >= 4 is 17.4 Å². The molecule has 9 nitrogen and oxygen atoms in total. The number of aromatic nitrogens is 2. The second-order valence-electron chi connectivity index (χ2n) is 6.89. The van der Waals surface area contributed by atoms with Crippen LogP contribution in [0.3, 0.4) is 0 Å². The van der Waals surface area contributed by atoms with Crippen LogP contribution in [0.5, 0.6) is 0 Å². The van der Waals surface area contributed by atoms with Crippen LogP contribution >= 0.6 is 0 Å². The summed E-state index contributed by atoms with van der Waals surface area (Å²) in [5.74, 6) is 0.310. The number of amides is 1. The highest BCUT2D eigenvalue weighted by Crippen LogP contribution is 2.19. The predicted octanol–water partition coefficient (Wildman–Crippen LogP) is 2.31. The first kappa shape index (κ1) is 19.3. The number of hydrogen-bond acceptors (Lipinski definition) is 6. The number of nitrogens with zero attached hydrogens (tertiary/aromatic N) is 4. The van der Waals surface area contributed by atoms with E-state index in [0.29, 0.717) is 37.7 Å². The fraction of sp³-hybridized carbons (Fsp3) is 0.190. The van der Waals surface area contributed by atoms with Crippen LogP contribution < -0.4 is 10.5 Å². The standard InChI is InChI=1S/C21H19N5O4/c27-20-17(7-8-18(23-20)15-4-2-1-3-5-15)21(28)25-12-10-24(11-13-25)19-9-6-16(14-22-19)26(29)30/h1-9,14H,10-13H2,(H,23,27). The van der Waals surface area contributed by atoms with E-state index >= 15 is 0 Å². The van der Waals surface area contributed by atoms with Gasteiger partial charge in [0, 0.05) is 37.9 Å². The molecule has 0 aliphatic carbocycles. The zero-order valence-corrected chi connectivity index (χ0v) is 16.0. The molecule has 2 aromatic heterocycles. The Hall–Kier alpha value is -4.01. The van der Waals surface area contributed by atoms with Crippen molar-refractivity contribution in [1.29, 1.82) is 0 Å². The number of carbonyl (C=O) groups is 1. The largest absolute Gasteiger partial charge is 0.353 e. The van der Waals surface area contributed by atoms with E-state index in [2.05, 4.69) is 9.97 Å². The van der Waals surface area contributed by atoms with Crippen molar-refractivity contribution < 1.29 is 9.72 Å². The summed E-state index contributed by atoms with van der Waals surface area (Å²) in [5, 5.41) is 10.8. The Kier molecular flexibility index (Phi) is 5.25. The molecule has 0 radical (unpaired) electrons. The van der Waals surface area contributed by atoms with E-state index in [0.717, 1.165) is 5.56 Å². The molecule has 1 N–H and O–H groups in total. The molecule has 0 unspecified atom stereocenters. The number of pyridine rings is 2. The molecule has 9 heteroatoms. The number of aromatic amines is 1. The predicted molar refractivity (Wildman–Crippen MR) is 112 cm³/mol. The lowest BCUT2D eigenvalue weighted by molar-refractivity contribution is -0.385. The molecule has 1 amide bonds. The number of benzene rings is 1. The maximum absolute atomic E-state index is 12.8. The third-order valence-electron chi connectivity index (χ3n) is 5.06.